The summed E-state index contributed by atoms with van der Waals surface area (Å²) in [5.74, 6) is -0.0869. The molecule has 1 amide bonds. The standard InChI is InChI=1S/C21H16BrNO/c22-17-11-12-18-19(13-17)23(14-15-7-3-1-4-8-15)21(24)20(18)16-9-5-2-6-10-16/h1-13,20H,14H2. The molecule has 0 aliphatic carbocycles. The largest absolute Gasteiger partial charge is 0.307 e. The lowest BCUT2D eigenvalue weighted by molar-refractivity contribution is -0.118. The van der Waals surface area contributed by atoms with Crippen LogP contribution in [0.25, 0.3) is 0 Å². The number of amides is 1. The normalized spacial score (nSPS) is 16.3. The molecule has 0 saturated heterocycles. The van der Waals surface area contributed by atoms with Crippen molar-refractivity contribution >= 4 is 27.5 Å². The average Bonchev–Trinajstić information content (AvgIpc) is 2.88. The number of anilines is 1. The number of carbonyl (C=O) groups excluding carboxylic acids is 1. The van der Waals surface area contributed by atoms with Crippen molar-refractivity contribution in [1.82, 2.24) is 0 Å². The molecule has 0 spiro atoms. The van der Waals surface area contributed by atoms with Gasteiger partial charge in [0, 0.05) is 10.2 Å². The Balaban J connectivity index is 1.79. The van der Waals surface area contributed by atoms with Crippen molar-refractivity contribution in [2.24, 2.45) is 0 Å². The number of rotatable bonds is 3. The molecule has 0 fully saturated rings. The molecule has 0 N–H and O–H groups in total. The Morgan fingerprint density at radius 3 is 2.25 bits per heavy atom. The predicted octanol–water partition coefficient (Wildman–Crippen LogP) is 5.13. The molecular weight excluding hydrogens is 362 g/mol. The third-order valence-electron chi connectivity index (χ3n) is 4.42. The third kappa shape index (κ3) is 2.65. The molecule has 1 atom stereocenters. The van der Waals surface area contributed by atoms with E-state index in [1.165, 1.54) is 0 Å². The lowest BCUT2D eigenvalue weighted by Crippen LogP contribution is -2.28. The zero-order valence-corrected chi connectivity index (χ0v) is 14.6. The van der Waals surface area contributed by atoms with Gasteiger partial charge in [0.1, 0.15) is 0 Å². The van der Waals surface area contributed by atoms with Crippen molar-refractivity contribution in [3.05, 3.63) is 100 Å². The molecule has 0 aromatic heterocycles. The first-order chi connectivity index (χ1) is 11.7. The van der Waals surface area contributed by atoms with Crippen molar-refractivity contribution in [2.45, 2.75) is 12.5 Å². The molecule has 1 heterocycles. The van der Waals surface area contributed by atoms with Crippen LogP contribution in [0.1, 0.15) is 22.6 Å². The summed E-state index contributed by atoms with van der Waals surface area (Å²) >= 11 is 3.54. The Kier molecular flexibility index (Phi) is 3.95. The van der Waals surface area contributed by atoms with Gasteiger partial charge in [-0.2, -0.15) is 0 Å². The Bertz CT molecular complexity index is 877. The Morgan fingerprint density at radius 2 is 1.54 bits per heavy atom. The van der Waals surface area contributed by atoms with Gasteiger partial charge in [0.2, 0.25) is 5.91 Å². The molecule has 3 heteroatoms. The SMILES string of the molecule is O=C1C(c2ccccc2)c2ccc(Br)cc2N1Cc1ccccc1. The van der Waals surface area contributed by atoms with E-state index in [2.05, 4.69) is 34.1 Å². The number of nitrogens with zero attached hydrogens (tertiary/aromatic N) is 1. The summed E-state index contributed by atoms with van der Waals surface area (Å²) in [4.78, 5) is 15.1. The van der Waals surface area contributed by atoms with Gasteiger partial charge in [-0.15, -0.1) is 0 Å². The quantitative estimate of drug-likeness (QED) is 0.619. The van der Waals surface area contributed by atoms with E-state index in [9.17, 15) is 4.79 Å². The Morgan fingerprint density at radius 1 is 0.875 bits per heavy atom. The average molecular weight is 378 g/mol. The highest BCUT2D eigenvalue weighted by Crippen LogP contribution is 2.43. The molecule has 24 heavy (non-hydrogen) atoms. The molecule has 0 saturated carbocycles. The van der Waals surface area contributed by atoms with Crippen LogP contribution in [0.3, 0.4) is 0 Å². The van der Waals surface area contributed by atoms with Crippen LogP contribution in [0.2, 0.25) is 0 Å². The van der Waals surface area contributed by atoms with Crippen LogP contribution in [0.15, 0.2) is 83.3 Å². The summed E-state index contributed by atoms with van der Waals surface area (Å²) in [6.45, 7) is 0.590. The fourth-order valence-corrected chi connectivity index (χ4v) is 3.65. The van der Waals surface area contributed by atoms with E-state index < -0.39 is 0 Å². The first kappa shape index (κ1) is 15.2. The van der Waals surface area contributed by atoms with Crippen molar-refractivity contribution in [3.63, 3.8) is 0 Å². The van der Waals surface area contributed by atoms with Crippen LogP contribution in [0.5, 0.6) is 0 Å². The van der Waals surface area contributed by atoms with Gasteiger partial charge in [-0.1, -0.05) is 82.7 Å². The Labute approximate surface area is 149 Å². The summed E-state index contributed by atoms with van der Waals surface area (Å²) in [5.41, 5.74) is 4.24. The molecule has 1 unspecified atom stereocenters. The third-order valence-corrected chi connectivity index (χ3v) is 4.92. The van der Waals surface area contributed by atoms with Crippen LogP contribution >= 0.6 is 15.9 Å². The predicted molar refractivity (Wildman–Crippen MR) is 100 cm³/mol. The van der Waals surface area contributed by atoms with Crippen LogP contribution in [0.4, 0.5) is 5.69 Å². The second-order valence-electron chi connectivity index (χ2n) is 5.96. The van der Waals surface area contributed by atoms with Gasteiger partial charge in [-0.25, -0.2) is 0 Å². The highest BCUT2D eigenvalue weighted by molar-refractivity contribution is 9.10. The molecule has 0 bridgehead atoms. The van der Waals surface area contributed by atoms with E-state index in [1.54, 1.807) is 0 Å². The highest BCUT2D eigenvalue weighted by Gasteiger charge is 2.38. The smallest absolute Gasteiger partial charge is 0.239 e. The topological polar surface area (TPSA) is 20.3 Å². The number of hydrogen-bond acceptors (Lipinski definition) is 1. The molecule has 1 aliphatic heterocycles. The maximum atomic E-state index is 13.2. The van der Waals surface area contributed by atoms with Crippen LogP contribution in [-0.2, 0) is 11.3 Å². The summed E-state index contributed by atoms with van der Waals surface area (Å²) < 4.78 is 0.987. The zero-order valence-electron chi connectivity index (χ0n) is 13.0. The second kappa shape index (κ2) is 6.25. The number of hydrogen-bond donors (Lipinski definition) is 0. The molecule has 118 valence electrons. The van der Waals surface area contributed by atoms with Gasteiger partial charge in [0.15, 0.2) is 0 Å². The second-order valence-corrected chi connectivity index (χ2v) is 6.87. The highest BCUT2D eigenvalue weighted by atomic mass is 79.9. The van der Waals surface area contributed by atoms with Gasteiger partial charge in [0.05, 0.1) is 12.5 Å². The zero-order chi connectivity index (χ0) is 16.5. The maximum absolute atomic E-state index is 13.2. The molecule has 2 nitrogen and oxygen atoms in total. The van der Waals surface area contributed by atoms with E-state index in [4.69, 9.17) is 0 Å². The number of halogens is 1. The van der Waals surface area contributed by atoms with E-state index >= 15 is 0 Å². The first-order valence-electron chi connectivity index (χ1n) is 7.94. The van der Waals surface area contributed by atoms with Gasteiger partial charge in [-0.05, 0) is 28.8 Å². The monoisotopic (exact) mass is 377 g/mol. The summed E-state index contributed by atoms with van der Waals surface area (Å²) in [6, 6.07) is 26.2. The summed E-state index contributed by atoms with van der Waals surface area (Å²) in [5, 5.41) is 0. The van der Waals surface area contributed by atoms with Crippen molar-refractivity contribution in [3.8, 4) is 0 Å². The molecule has 1 aliphatic rings. The Hall–Kier alpha value is -2.39. The minimum absolute atomic E-state index is 0.137. The lowest BCUT2D eigenvalue weighted by Gasteiger charge is -2.18. The number of benzene rings is 3. The van der Waals surface area contributed by atoms with Crippen molar-refractivity contribution in [2.75, 3.05) is 4.90 Å². The fraction of sp³-hybridized carbons (Fsp3) is 0.0952. The van der Waals surface area contributed by atoms with E-state index in [1.807, 2.05) is 65.6 Å². The van der Waals surface area contributed by atoms with Crippen LogP contribution < -0.4 is 4.90 Å². The summed E-state index contributed by atoms with van der Waals surface area (Å²) in [6.07, 6.45) is 0. The summed E-state index contributed by atoms with van der Waals surface area (Å²) in [7, 11) is 0. The van der Waals surface area contributed by atoms with Crippen molar-refractivity contribution < 1.29 is 4.79 Å². The van der Waals surface area contributed by atoms with Gasteiger partial charge in [-0.3, -0.25) is 4.79 Å². The van der Waals surface area contributed by atoms with Crippen LogP contribution in [0, 0.1) is 0 Å². The van der Waals surface area contributed by atoms with Crippen molar-refractivity contribution in [1.29, 1.82) is 0 Å². The minimum atomic E-state index is -0.224. The fourth-order valence-electron chi connectivity index (χ4n) is 3.30. The minimum Gasteiger partial charge on any atom is -0.307 e. The van der Waals surface area contributed by atoms with Gasteiger partial charge in [0.25, 0.3) is 0 Å². The molecule has 4 rings (SSSR count). The van der Waals surface area contributed by atoms with E-state index in [0.717, 1.165) is 26.9 Å². The van der Waals surface area contributed by atoms with Crippen LogP contribution in [-0.4, -0.2) is 5.91 Å². The lowest BCUT2D eigenvalue weighted by atomic mass is 9.93. The molecule has 0 radical (unpaired) electrons. The van der Waals surface area contributed by atoms with E-state index in [0.29, 0.717) is 6.54 Å². The molecular formula is C21H16BrNO. The first-order valence-corrected chi connectivity index (χ1v) is 8.73. The maximum Gasteiger partial charge on any atom is 0.239 e. The van der Waals surface area contributed by atoms with E-state index in [-0.39, 0.29) is 11.8 Å². The number of fused-ring (bicyclic) bond motifs is 1. The molecule has 3 aromatic carbocycles. The van der Waals surface area contributed by atoms with Gasteiger partial charge >= 0.3 is 0 Å². The number of carbonyl (C=O) groups is 1. The van der Waals surface area contributed by atoms with Gasteiger partial charge < -0.3 is 4.90 Å². The molecule has 3 aromatic rings.